The monoisotopic (exact) mass is 298 g/mol. The maximum absolute atomic E-state index is 11.9. The first kappa shape index (κ1) is 16.1. The molecule has 0 heterocycles. The molecule has 4 unspecified atom stereocenters. The second-order valence-electron chi connectivity index (χ2n) is 6.30. The molecule has 0 aromatic rings. The Hall–Kier alpha value is -1.30. The number of carbonyl (C=O) groups is 2. The zero-order chi connectivity index (χ0) is 15.2. The molecule has 0 aliphatic heterocycles. The van der Waals surface area contributed by atoms with E-state index in [-0.39, 0.29) is 23.9 Å². The molecule has 0 saturated heterocycles. The highest BCUT2D eigenvalue weighted by molar-refractivity contribution is 5.74. The number of amides is 2. The lowest BCUT2D eigenvalue weighted by Gasteiger charge is -2.23. The molecule has 0 aromatic heterocycles. The van der Waals surface area contributed by atoms with Crippen molar-refractivity contribution in [1.82, 2.24) is 10.6 Å². The van der Waals surface area contributed by atoms with Crippen molar-refractivity contribution in [2.45, 2.75) is 63.5 Å². The van der Waals surface area contributed by atoms with Gasteiger partial charge in [0.25, 0.3) is 0 Å². The fraction of sp³-hybridized carbons (Fsp3) is 0.867. The van der Waals surface area contributed by atoms with Crippen LogP contribution >= 0.6 is 0 Å². The van der Waals surface area contributed by atoms with E-state index in [0.717, 1.165) is 44.9 Å². The van der Waals surface area contributed by atoms with Gasteiger partial charge in [-0.3, -0.25) is 4.79 Å². The van der Waals surface area contributed by atoms with Gasteiger partial charge in [-0.2, -0.15) is 0 Å². The van der Waals surface area contributed by atoms with Crippen molar-refractivity contribution in [3.63, 3.8) is 0 Å². The van der Waals surface area contributed by atoms with Crippen LogP contribution in [0.1, 0.15) is 51.4 Å². The number of aliphatic hydroxyl groups is 1. The number of aliphatic carboxylic acids is 1. The fourth-order valence-electron chi connectivity index (χ4n) is 3.51. The van der Waals surface area contributed by atoms with Crippen LogP contribution in [0.5, 0.6) is 0 Å². The Balaban J connectivity index is 1.75. The standard InChI is InChI=1S/C15H26N2O4/c18-13-8-3-1-2-7-12(13)17-15(21)16-9-10-5-4-6-11(10)14(19)20/h10-13,18H,1-9H2,(H,19,20)(H2,16,17,21). The Morgan fingerprint density at radius 2 is 1.76 bits per heavy atom. The number of carbonyl (C=O) groups excluding carboxylic acids is 1. The summed E-state index contributed by atoms with van der Waals surface area (Å²) in [6, 6.07) is -0.483. The minimum Gasteiger partial charge on any atom is -0.481 e. The molecule has 0 aromatic carbocycles. The van der Waals surface area contributed by atoms with Crippen molar-refractivity contribution in [1.29, 1.82) is 0 Å². The molecule has 0 spiro atoms. The van der Waals surface area contributed by atoms with E-state index in [4.69, 9.17) is 5.11 Å². The third-order valence-electron chi connectivity index (χ3n) is 4.80. The number of aliphatic hydroxyl groups excluding tert-OH is 1. The summed E-state index contributed by atoms with van der Waals surface area (Å²) in [4.78, 5) is 23.0. The summed E-state index contributed by atoms with van der Waals surface area (Å²) < 4.78 is 0. The van der Waals surface area contributed by atoms with Crippen LogP contribution in [0.15, 0.2) is 0 Å². The summed E-state index contributed by atoms with van der Waals surface area (Å²) in [6.07, 6.45) is 6.63. The number of hydrogen-bond acceptors (Lipinski definition) is 3. The highest BCUT2D eigenvalue weighted by atomic mass is 16.4. The highest BCUT2D eigenvalue weighted by Crippen LogP contribution is 2.31. The zero-order valence-electron chi connectivity index (χ0n) is 12.4. The van der Waals surface area contributed by atoms with E-state index in [1.165, 1.54) is 0 Å². The lowest BCUT2D eigenvalue weighted by atomic mass is 9.96. The minimum atomic E-state index is -0.765. The third-order valence-corrected chi connectivity index (χ3v) is 4.80. The van der Waals surface area contributed by atoms with E-state index in [1.807, 2.05) is 0 Å². The Labute approximate surface area is 125 Å². The van der Waals surface area contributed by atoms with Crippen molar-refractivity contribution in [3.05, 3.63) is 0 Å². The number of hydrogen-bond donors (Lipinski definition) is 4. The van der Waals surface area contributed by atoms with Crippen molar-refractivity contribution >= 4 is 12.0 Å². The predicted octanol–water partition coefficient (Wildman–Crippen LogP) is 1.48. The van der Waals surface area contributed by atoms with Crippen molar-refractivity contribution in [3.8, 4) is 0 Å². The SMILES string of the molecule is O=C(NCC1CCCC1C(=O)O)NC1CCCCCC1O. The van der Waals surface area contributed by atoms with Crippen LogP contribution in [0.2, 0.25) is 0 Å². The van der Waals surface area contributed by atoms with Crippen LogP contribution in [0.4, 0.5) is 4.79 Å². The maximum Gasteiger partial charge on any atom is 0.315 e. The molecule has 4 N–H and O–H groups in total. The van der Waals surface area contributed by atoms with Crippen molar-refractivity contribution in [2.75, 3.05) is 6.54 Å². The Kier molecular flexibility index (Phi) is 5.85. The van der Waals surface area contributed by atoms with Crippen LogP contribution in [0.25, 0.3) is 0 Å². The van der Waals surface area contributed by atoms with Gasteiger partial charge in [-0.15, -0.1) is 0 Å². The first-order chi connectivity index (χ1) is 10.1. The fourth-order valence-corrected chi connectivity index (χ4v) is 3.51. The lowest BCUT2D eigenvalue weighted by molar-refractivity contribution is -0.142. The quantitative estimate of drug-likeness (QED) is 0.591. The van der Waals surface area contributed by atoms with Crippen molar-refractivity contribution in [2.24, 2.45) is 11.8 Å². The highest BCUT2D eigenvalue weighted by Gasteiger charge is 2.33. The average molecular weight is 298 g/mol. The molecule has 2 aliphatic rings. The molecule has 0 radical (unpaired) electrons. The van der Waals surface area contributed by atoms with Gasteiger partial charge in [0, 0.05) is 6.54 Å². The van der Waals surface area contributed by atoms with E-state index in [2.05, 4.69) is 10.6 Å². The van der Waals surface area contributed by atoms with E-state index in [9.17, 15) is 14.7 Å². The van der Waals surface area contributed by atoms with Crippen LogP contribution in [0, 0.1) is 11.8 Å². The molecule has 120 valence electrons. The minimum absolute atomic E-state index is 0.0207. The van der Waals surface area contributed by atoms with Crippen LogP contribution < -0.4 is 10.6 Å². The van der Waals surface area contributed by atoms with Gasteiger partial charge in [0.05, 0.1) is 18.1 Å². The summed E-state index contributed by atoms with van der Waals surface area (Å²) >= 11 is 0. The number of nitrogens with one attached hydrogen (secondary N) is 2. The summed E-state index contributed by atoms with van der Waals surface area (Å²) in [5, 5.41) is 24.7. The van der Waals surface area contributed by atoms with E-state index >= 15 is 0 Å². The van der Waals surface area contributed by atoms with Gasteiger partial charge in [-0.05, 0) is 31.6 Å². The normalized spacial score (nSPS) is 33.2. The summed E-state index contributed by atoms with van der Waals surface area (Å²) in [6.45, 7) is 0.394. The molecular weight excluding hydrogens is 272 g/mol. The summed E-state index contributed by atoms with van der Waals surface area (Å²) in [5.41, 5.74) is 0. The predicted molar refractivity (Wildman–Crippen MR) is 77.9 cm³/mol. The summed E-state index contributed by atoms with van der Waals surface area (Å²) in [7, 11) is 0. The number of carboxylic acid groups (broad SMARTS) is 1. The van der Waals surface area contributed by atoms with Crippen LogP contribution in [0.3, 0.4) is 0 Å². The van der Waals surface area contributed by atoms with Crippen molar-refractivity contribution < 1.29 is 19.8 Å². The van der Waals surface area contributed by atoms with E-state index in [1.54, 1.807) is 0 Å². The van der Waals surface area contributed by atoms with E-state index < -0.39 is 12.1 Å². The molecule has 4 atom stereocenters. The smallest absolute Gasteiger partial charge is 0.315 e. The van der Waals surface area contributed by atoms with Gasteiger partial charge in [0.2, 0.25) is 0 Å². The van der Waals surface area contributed by atoms with Gasteiger partial charge < -0.3 is 20.8 Å². The number of carboxylic acids is 1. The first-order valence-electron chi connectivity index (χ1n) is 8.03. The Morgan fingerprint density at radius 3 is 2.52 bits per heavy atom. The number of rotatable bonds is 4. The molecular formula is C15H26N2O4. The molecule has 2 fully saturated rings. The third kappa shape index (κ3) is 4.59. The molecule has 2 aliphatic carbocycles. The van der Waals surface area contributed by atoms with Gasteiger partial charge in [0.1, 0.15) is 0 Å². The average Bonchev–Trinajstić information content (AvgIpc) is 2.83. The molecule has 6 heteroatoms. The van der Waals surface area contributed by atoms with Gasteiger partial charge >= 0.3 is 12.0 Å². The molecule has 21 heavy (non-hydrogen) atoms. The zero-order valence-corrected chi connectivity index (χ0v) is 12.4. The summed E-state index contributed by atoms with van der Waals surface area (Å²) in [5.74, 6) is -1.08. The topological polar surface area (TPSA) is 98.7 Å². The molecule has 2 saturated carbocycles. The largest absolute Gasteiger partial charge is 0.481 e. The maximum atomic E-state index is 11.9. The molecule has 2 amide bonds. The second kappa shape index (κ2) is 7.64. The molecule has 0 bridgehead atoms. The molecule has 6 nitrogen and oxygen atoms in total. The lowest BCUT2D eigenvalue weighted by Crippen LogP contribution is -2.48. The number of urea groups is 1. The molecule has 2 rings (SSSR count). The van der Waals surface area contributed by atoms with Gasteiger partial charge in [-0.1, -0.05) is 25.7 Å². The van der Waals surface area contributed by atoms with E-state index in [0.29, 0.717) is 13.0 Å². The van der Waals surface area contributed by atoms with Crippen LogP contribution in [-0.4, -0.2) is 40.9 Å². The van der Waals surface area contributed by atoms with Gasteiger partial charge in [0.15, 0.2) is 0 Å². The van der Waals surface area contributed by atoms with Crippen LogP contribution in [-0.2, 0) is 4.79 Å². The Bertz CT molecular complexity index is 375. The van der Waals surface area contributed by atoms with Gasteiger partial charge in [-0.25, -0.2) is 4.79 Å². The first-order valence-corrected chi connectivity index (χ1v) is 8.03. The Morgan fingerprint density at radius 1 is 1.00 bits per heavy atom. The second-order valence-corrected chi connectivity index (χ2v) is 6.30.